The number of hydrogen-bond donors (Lipinski definition) is 0. The monoisotopic (exact) mass is 828 g/mol. The summed E-state index contributed by atoms with van der Waals surface area (Å²) in [6.45, 7) is 2.23. The largest absolute Gasteiger partial charge is 0.309 e. The molecule has 0 unspecified atom stereocenters. The normalized spacial score (nSPS) is 11.9. The average Bonchev–Trinajstić information content (AvgIpc) is 3.89. The first-order valence-electron chi connectivity index (χ1n) is 22.9. The number of rotatable bonds is 7. The maximum absolute atomic E-state index is 2.45. The maximum Gasteiger partial charge on any atom is 0.0541 e. The van der Waals surface area contributed by atoms with Crippen LogP contribution in [0, 0.1) is 0 Å². The molecular weight excluding hydrogens is 785 g/mol. The van der Waals surface area contributed by atoms with E-state index in [4.69, 9.17) is 0 Å². The Morgan fingerprint density at radius 2 is 0.662 bits per heavy atom. The summed E-state index contributed by atoms with van der Waals surface area (Å²) in [4.78, 5) is 0. The Morgan fingerprint density at radius 3 is 1.20 bits per heavy atom. The van der Waals surface area contributed by atoms with Crippen LogP contribution in [-0.2, 0) is 6.42 Å². The third-order valence-corrected chi connectivity index (χ3v) is 13.8. The van der Waals surface area contributed by atoms with Crippen molar-refractivity contribution < 1.29 is 0 Å². The average molecular weight is 829 g/mol. The van der Waals surface area contributed by atoms with Gasteiger partial charge in [-0.3, -0.25) is 0 Å². The molecule has 0 bridgehead atoms. The van der Waals surface area contributed by atoms with Crippen molar-refractivity contribution in [2.24, 2.45) is 0 Å². The second-order valence-electron chi connectivity index (χ2n) is 17.6. The van der Waals surface area contributed by atoms with Gasteiger partial charge in [-0.25, -0.2) is 0 Å². The van der Waals surface area contributed by atoms with Crippen molar-refractivity contribution in [2.75, 3.05) is 0 Å². The molecule has 0 radical (unpaired) electrons. The Kier molecular flexibility index (Phi) is 8.60. The fraction of sp³-hybridized carbons (Fsp3) is 0.0476. The van der Waals surface area contributed by atoms with Crippen LogP contribution >= 0.6 is 0 Å². The number of fused-ring (bicyclic) bond motifs is 12. The van der Waals surface area contributed by atoms with Crippen LogP contribution in [0.4, 0.5) is 0 Å². The molecule has 0 N–H and O–H groups in total. The first-order valence-corrected chi connectivity index (χ1v) is 22.9. The van der Waals surface area contributed by atoms with Crippen molar-refractivity contribution in [3.63, 3.8) is 0 Å². The van der Waals surface area contributed by atoms with Crippen LogP contribution in [0.5, 0.6) is 0 Å². The van der Waals surface area contributed by atoms with Gasteiger partial charge in [0.25, 0.3) is 0 Å². The van der Waals surface area contributed by atoms with E-state index in [0.717, 1.165) is 18.5 Å². The molecule has 0 spiro atoms. The van der Waals surface area contributed by atoms with E-state index in [1.165, 1.54) is 121 Å². The SMILES string of the molecule is CCCc1ccc(-c2ccc(-c3cccc(-n4c5ccccc5c5cc(-c6ccc7c(c6)c6ccccc6n7-c6ccc7c8ccccc8c8ccccc8c7c6)ccc54)c3)cc2)cc1. The Balaban J connectivity index is 0.896. The first kappa shape index (κ1) is 37.4. The standard InChI is InChI=1S/C63H44N2/c1-2-12-41-23-25-42(26-24-41)43-27-29-44(30-28-43)45-13-11-14-48(37-45)64-60-21-9-7-19-55(60)58-38-46(31-35-62(58)64)47-32-36-63-59(39-47)56-20-8-10-22-61(56)65(63)49-33-34-54-52-17-4-3-15-50(52)51-16-5-6-18-53(51)57(54)40-49/h3-11,13-40H,2,12H2,1H3. The summed E-state index contributed by atoms with van der Waals surface area (Å²) in [7, 11) is 0. The molecule has 0 aliphatic heterocycles. The van der Waals surface area contributed by atoms with Crippen molar-refractivity contribution >= 4 is 75.9 Å². The summed E-state index contributed by atoms with van der Waals surface area (Å²) in [6, 6.07) is 83.4. The van der Waals surface area contributed by atoms with E-state index in [-0.39, 0.29) is 0 Å². The highest BCUT2D eigenvalue weighted by atomic mass is 15.0. The molecular formula is C63H44N2. The van der Waals surface area contributed by atoms with E-state index in [1.54, 1.807) is 0 Å². The smallest absolute Gasteiger partial charge is 0.0541 e. The van der Waals surface area contributed by atoms with Crippen LogP contribution in [0.1, 0.15) is 18.9 Å². The van der Waals surface area contributed by atoms with Crippen LogP contribution < -0.4 is 0 Å². The van der Waals surface area contributed by atoms with E-state index in [9.17, 15) is 0 Å². The van der Waals surface area contributed by atoms with Gasteiger partial charge in [0.05, 0.1) is 22.1 Å². The third-order valence-electron chi connectivity index (χ3n) is 13.8. The highest BCUT2D eigenvalue weighted by Gasteiger charge is 2.18. The minimum absolute atomic E-state index is 1.12. The molecule has 13 aromatic rings. The Bertz CT molecular complexity index is 3960. The predicted octanol–water partition coefficient (Wildman–Crippen LogP) is 17.3. The molecule has 0 saturated heterocycles. The van der Waals surface area contributed by atoms with E-state index in [1.807, 2.05) is 0 Å². The Morgan fingerprint density at radius 1 is 0.262 bits per heavy atom. The van der Waals surface area contributed by atoms with Crippen LogP contribution in [0.15, 0.2) is 224 Å². The van der Waals surface area contributed by atoms with Gasteiger partial charge in [-0.1, -0.05) is 177 Å². The third kappa shape index (κ3) is 6.02. The molecule has 0 aliphatic rings. The predicted molar refractivity (Wildman–Crippen MR) is 278 cm³/mol. The lowest BCUT2D eigenvalue weighted by Gasteiger charge is -2.14. The highest BCUT2D eigenvalue weighted by Crippen LogP contribution is 2.41. The molecule has 306 valence electrons. The fourth-order valence-electron chi connectivity index (χ4n) is 10.7. The lowest BCUT2D eigenvalue weighted by atomic mass is 9.94. The Labute approximate surface area is 377 Å². The number of hydrogen-bond acceptors (Lipinski definition) is 0. The minimum atomic E-state index is 1.12. The minimum Gasteiger partial charge on any atom is -0.309 e. The molecule has 2 aromatic heterocycles. The van der Waals surface area contributed by atoms with Gasteiger partial charge in [0.2, 0.25) is 0 Å². The second-order valence-corrected chi connectivity index (χ2v) is 17.6. The van der Waals surface area contributed by atoms with Crippen molar-refractivity contribution in [3.05, 3.63) is 230 Å². The Hall–Kier alpha value is -8.20. The number of nitrogens with zero attached hydrogens (tertiary/aromatic N) is 2. The first-order chi connectivity index (χ1) is 32.2. The lowest BCUT2D eigenvalue weighted by molar-refractivity contribution is 0.922. The molecule has 0 atom stereocenters. The number of aromatic nitrogens is 2. The molecule has 13 rings (SSSR count). The van der Waals surface area contributed by atoms with Gasteiger partial charge in [-0.15, -0.1) is 0 Å². The van der Waals surface area contributed by atoms with E-state index < -0.39 is 0 Å². The van der Waals surface area contributed by atoms with Gasteiger partial charge in [-0.2, -0.15) is 0 Å². The zero-order chi connectivity index (χ0) is 43.0. The van der Waals surface area contributed by atoms with Gasteiger partial charge in [0, 0.05) is 32.9 Å². The topological polar surface area (TPSA) is 9.86 Å². The van der Waals surface area contributed by atoms with Crippen molar-refractivity contribution in [1.29, 1.82) is 0 Å². The quantitative estimate of drug-likeness (QED) is 0.142. The molecule has 2 heterocycles. The van der Waals surface area contributed by atoms with Crippen molar-refractivity contribution in [1.82, 2.24) is 9.13 Å². The number of para-hydroxylation sites is 2. The molecule has 0 saturated carbocycles. The summed E-state index contributed by atoms with van der Waals surface area (Å²) >= 11 is 0. The molecule has 2 nitrogen and oxygen atoms in total. The summed E-state index contributed by atoms with van der Waals surface area (Å²) in [6.07, 6.45) is 2.29. The van der Waals surface area contributed by atoms with Gasteiger partial charge >= 0.3 is 0 Å². The molecule has 0 fully saturated rings. The lowest BCUT2D eigenvalue weighted by Crippen LogP contribution is -1.95. The van der Waals surface area contributed by atoms with Gasteiger partial charge in [0.1, 0.15) is 0 Å². The summed E-state index contributed by atoms with van der Waals surface area (Å²) in [5.41, 5.74) is 15.8. The fourth-order valence-corrected chi connectivity index (χ4v) is 10.7. The van der Waals surface area contributed by atoms with Crippen LogP contribution in [0.3, 0.4) is 0 Å². The number of benzene rings is 11. The zero-order valence-corrected chi connectivity index (χ0v) is 36.2. The van der Waals surface area contributed by atoms with Gasteiger partial charge < -0.3 is 9.13 Å². The van der Waals surface area contributed by atoms with Crippen LogP contribution in [0.2, 0.25) is 0 Å². The molecule has 0 amide bonds. The number of aryl methyl sites for hydroxylation is 1. The summed E-state index contributed by atoms with van der Waals surface area (Å²) < 4.78 is 4.87. The molecule has 11 aromatic carbocycles. The van der Waals surface area contributed by atoms with Gasteiger partial charge in [0.15, 0.2) is 0 Å². The second kappa shape index (κ2) is 15.0. The van der Waals surface area contributed by atoms with Crippen LogP contribution in [-0.4, -0.2) is 9.13 Å². The van der Waals surface area contributed by atoms with E-state index >= 15 is 0 Å². The molecule has 0 aliphatic carbocycles. The highest BCUT2D eigenvalue weighted by molar-refractivity contribution is 6.25. The summed E-state index contributed by atoms with van der Waals surface area (Å²) in [5.74, 6) is 0. The van der Waals surface area contributed by atoms with E-state index in [0.29, 0.717) is 0 Å². The van der Waals surface area contributed by atoms with Crippen molar-refractivity contribution in [2.45, 2.75) is 19.8 Å². The van der Waals surface area contributed by atoms with Crippen molar-refractivity contribution in [3.8, 4) is 44.8 Å². The van der Waals surface area contributed by atoms with Crippen LogP contribution in [0.25, 0.3) is 121 Å². The molecule has 65 heavy (non-hydrogen) atoms. The van der Waals surface area contributed by atoms with E-state index in [2.05, 4.69) is 241 Å². The zero-order valence-electron chi connectivity index (χ0n) is 36.2. The molecule has 2 heteroatoms. The maximum atomic E-state index is 2.45. The summed E-state index contributed by atoms with van der Waals surface area (Å²) in [5, 5.41) is 12.7. The van der Waals surface area contributed by atoms with Gasteiger partial charge in [-0.05, 0) is 138 Å².